The number of rotatable bonds is 1. The molecule has 0 aliphatic heterocycles. The van der Waals surface area contributed by atoms with Crippen LogP contribution in [0.4, 0.5) is 13.2 Å². The molecule has 0 aliphatic rings. The Bertz CT molecular complexity index is 683. The van der Waals surface area contributed by atoms with Crippen LogP contribution in [0.1, 0.15) is 5.82 Å². The van der Waals surface area contributed by atoms with Gasteiger partial charge in [-0.15, -0.1) is 0 Å². The lowest BCUT2D eigenvalue weighted by Crippen LogP contribution is -2.06. The molecule has 0 saturated heterocycles. The van der Waals surface area contributed by atoms with Gasteiger partial charge in [0.2, 0.25) is 5.82 Å². The van der Waals surface area contributed by atoms with E-state index in [1.807, 2.05) is 0 Å². The molecule has 0 bridgehead atoms. The van der Waals surface area contributed by atoms with Crippen molar-refractivity contribution in [2.24, 2.45) is 0 Å². The molecule has 0 spiro atoms. The van der Waals surface area contributed by atoms with Gasteiger partial charge in [-0.25, -0.2) is 14.6 Å². The van der Waals surface area contributed by atoms with Crippen LogP contribution in [0.3, 0.4) is 0 Å². The quantitative estimate of drug-likeness (QED) is 0.723. The van der Waals surface area contributed by atoms with E-state index in [-0.39, 0.29) is 5.52 Å². The van der Waals surface area contributed by atoms with E-state index in [1.54, 1.807) is 6.07 Å². The van der Waals surface area contributed by atoms with Gasteiger partial charge in [0.25, 0.3) is 0 Å². The maximum atomic E-state index is 12.5. The van der Waals surface area contributed by atoms with Crippen molar-refractivity contribution in [3.63, 3.8) is 0 Å². The SMILES string of the molecule is FC(F)(F)c1nc2ccc(-n3cncn3)cc2[nH]1. The molecule has 8 heteroatoms. The highest BCUT2D eigenvalue weighted by molar-refractivity contribution is 5.77. The predicted molar refractivity (Wildman–Crippen MR) is 56.0 cm³/mol. The summed E-state index contributed by atoms with van der Waals surface area (Å²) < 4.78 is 38.9. The standard InChI is InChI=1S/C10H6F3N5/c11-10(12,13)9-16-7-2-1-6(3-8(7)17-9)18-5-14-4-15-18/h1-5H,(H,16,17). The van der Waals surface area contributed by atoms with Gasteiger partial charge in [0.05, 0.1) is 16.7 Å². The Labute approximate surface area is 98.3 Å². The minimum absolute atomic E-state index is 0.256. The van der Waals surface area contributed by atoms with Crippen LogP contribution >= 0.6 is 0 Å². The van der Waals surface area contributed by atoms with Crippen LogP contribution < -0.4 is 0 Å². The van der Waals surface area contributed by atoms with Gasteiger partial charge in [-0.2, -0.15) is 18.3 Å². The van der Waals surface area contributed by atoms with E-state index >= 15 is 0 Å². The average Bonchev–Trinajstić information content (AvgIpc) is 2.96. The molecule has 1 N–H and O–H groups in total. The number of hydrogen-bond acceptors (Lipinski definition) is 3. The lowest BCUT2D eigenvalue weighted by atomic mass is 10.3. The fourth-order valence-electron chi connectivity index (χ4n) is 1.62. The van der Waals surface area contributed by atoms with Crippen molar-refractivity contribution in [3.8, 4) is 5.69 Å². The summed E-state index contributed by atoms with van der Waals surface area (Å²) in [4.78, 5) is 9.49. The number of halogens is 3. The van der Waals surface area contributed by atoms with Crippen LogP contribution in [-0.2, 0) is 6.18 Å². The molecule has 0 radical (unpaired) electrons. The summed E-state index contributed by atoms with van der Waals surface area (Å²) in [6, 6.07) is 4.66. The lowest BCUT2D eigenvalue weighted by molar-refractivity contribution is -0.144. The van der Waals surface area contributed by atoms with Crippen molar-refractivity contribution >= 4 is 11.0 Å². The first-order valence-corrected chi connectivity index (χ1v) is 4.96. The maximum Gasteiger partial charge on any atom is 0.449 e. The summed E-state index contributed by atoms with van der Waals surface area (Å²) >= 11 is 0. The largest absolute Gasteiger partial charge is 0.449 e. The van der Waals surface area contributed by atoms with Crippen molar-refractivity contribution in [2.45, 2.75) is 6.18 Å². The Morgan fingerprint density at radius 2 is 2.06 bits per heavy atom. The third-order valence-electron chi connectivity index (χ3n) is 2.42. The van der Waals surface area contributed by atoms with E-state index in [0.29, 0.717) is 11.2 Å². The van der Waals surface area contributed by atoms with Crippen LogP contribution in [-0.4, -0.2) is 24.7 Å². The Morgan fingerprint density at radius 1 is 1.22 bits per heavy atom. The zero-order chi connectivity index (χ0) is 12.8. The molecular formula is C10H6F3N5. The van der Waals surface area contributed by atoms with E-state index < -0.39 is 12.0 Å². The van der Waals surface area contributed by atoms with Crippen molar-refractivity contribution < 1.29 is 13.2 Å². The third kappa shape index (κ3) is 1.71. The van der Waals surface area contributed by atoms with Crippen molar-refractivity contribution in [1.82, 2.24) is 24.7 Å². The molecule has 0 fully saturated rings. The molecule has 3 aromatic rings. The first-order chi connectivity index (χ1) is 8.54. The zero-order valence-corrected chi connectivity index (χ0v) is 8.81. The fourth-order valence-corrected chi connectivity index (χ4v) is 1.62. The van der Waals surface area contributed by atoms with Crippen LogP contribution in [0.15, 0.2) is 30.9 Å². The number of aromatic amines is 1. The maximum absolute atomic E-state index is 12.5. The minimum atomic E-state index is -4.48. The van der Waals surface area contributed by atoms with E-state index in [1.165, 1.54) is 29.5 Å². The van der Waals surface area contributed by atoms with Gasteiger partial charge in [-0.1, -0.05) is 0 Å². The first kappa shape index (κ1) is 10.8. The highest BCUT2D eigenvalue weighted by atomic mass is 19.4. The summed E-state index contributed by atoms with van der Waals surface area (Å²) in [6.07, 6.45) is -1.67. The fraction of sp³-hybridized carbons (Fsp3) is 0.100. The van der Waals surface area contributed by atoms with Gasteiger partial charge in [-0.3, -0.25) is 0 Å². The molecule has 0 atom stereocenters. The smallest absolute Gasteiger partial charge is 0.334 e. The summed E-state index contributed by atoms with van der Waals surface area (Å²) in [5.41, 5.74) is 1.17. The second kappa shape index (κ2) is 3.56. The van der Waals surface area contributed by atoms with Crippen molar-refractivity contribution in [2.75, 3.05) is 0 Å². The molecule has 18 heavy (non-hydrogen) atoms. The first-order valence-electron chi connectivity index (χ1n) is 4.96. The topological polar surface area (TPSA) is 59.4 Å². The van der Waals surface area contributed by atoms with E-state index in [2.05, 4.69) is 20.1 Å². The number of benzene rings is 1. The summed E-state index contributed by atoms with van der Waals surface area (Å²) in [6.45, 7) is 0. The van der Waals surface area contributed by atoms with Crippen molar-refractivity contribution in [3.05, 3.63) is 36.7 Å². The Balaban J connectivity index is 2.13. The Hall–Kier alpha value is -2.38. The van der Waals surface area contributed by atoms with Gasteiger partial charge in [0.15, 0.2) is 0 Å². The number of nitrogens with one attached hydrogen (secondary N) is 1. The summed E-state index contributed by atoms with van der Waals surface area (Å²) in [5.74, 6) is -1.01. The van der Waals surface area contributed by atoms with Crippen LogP contribution in [0.5, 0.6) is 0 Å². The van der Waals surface area contributed by atoms with Gasteiger partial charge in [0, 0.05) is 0 Å². The summed E-state index contributed by atoms with van der Waals surface area (Å²) in [7, 11) is 0. The third-order valence-corrected chi connectivity index (χ3v) is 2.42. The Kier molecular flexibility index (Phi) is 2.12. The highest BCUT2D eigenvalue weighted by Crippen LogP contribution is 2.28. The number of nitrogens with zero attached hydrogens (tertiary/aromatic N) is 4. The van der Waals surface area contributed by atoms with Crippen LogP contribution in [0, 0.1) is 0 Å². The number of imidazole rings is 1. The second-order valence-electron chi connectivity index (χ2n) is 3.62. The molecule has 1 aromatic carbocycles. The molecule has 5 nitrogen and oxygen atoms in total. The van der Waals surface area contributed by atoms with E-state index in [0.717, 1.165) is 0 Å². The number of aromatic nitrogens is 5. The lowest BCUT2D eigenvalue weighted by Gasteiger charge is -1.99. The van der Waals surface area contributed by atoms with Gasteiger partial charge in [-0.05, 0) is 18.2 Å². The number of fused-ring (bicyclic) bond motifs is 1. The molecule has 2 aromatic heterocycles. The molecule has 0 saturated carbocycles. The summed E-state index contributed by atoms with van der Waals surface area (Å²) in [5, 5.41) is 3.90. The van der Waals surface area contributed by atoms with Crippen LogP contribution in [0.2, 0.25) is 0 Å². The molecule has 92 valence electrons. The minimum Gasteiger partial charge on any atom is -0.334 e. The van der Waals surface area contributed by atoms with E-state index in [9.17, 15) is 13.2 Å². The van der Waals surface area contributed by atoms with Crippen molar-refractivity contribution in [1.29, 1.82) is 0 Å². The number of alkyl halides is 3. The zero-order valence-electron chi connectivity index (χ0n) is 8.81. The monoisotopic (exact) mass is 253 g/mol. The van der Waals surface area contributed by atoms with Gasteiger partial charge in [0.1, 0.15) is 12.7 Å². The molecule has 2 heterocycles. The highest BCUT2D eigenvalue weighted by Gasteiger charge is 2.34. The Morgan fingerprint density at radius 3 is 2.72 bits per heavy atom. The molecule has 0 unspecified atom stereocenters. The normalized spacial score (nSPS) is 12.2. The van der Waals surface area contributed by atoms with Gasteiger partial charge >= 0.3 is 6.18 Å². The second-order valence-corrected chi connectivity index (χ2v) is 3.62. The van der Waals surface area contributed by atoms with Gasteiger partial charge < -0.3 is 4.98 Å². The average molecular weight is 253 g/mol. The molecule has 3 rings (SSSR count). The van der Waals surface area contributed by atoms with E-state index in [4.69, 9.17) is 0 Å². The number of H-pyrrole nitrogens is 1. The molecular weight excluding hydrogens is 247 g/mol. The number of hydrogen-bond donors (Lipinski definition) is 1. The molecule has 0 amide bonds. The molecule has 0 aliphatic carbocycles. The van der Waals surface area contributed by atoms with Crippen LogP contribution in [0.25, 0.3) is 16.7 Å². The predicted octanol–water partition coefficient (Wildman–Crippen LogP) is 2.16.